The van der Waals surface area contributed by atoms with Crippen molar-refractivity contribution >= 4 is 17.8 Å². The van der Waals surface area contributed by atoms with Gasteiger partial charge in [0.1, 0.15) is 6.04 Å². The van der Waals surface area contributed by atoms with Crippen molar-refractivity contribution in [1.82, 2.24) is 19.7 Å². The molecule has 0 bridgehead atoms. The molecular weight excluding hydrogens is 348 g/mol. The van der Waals surface area contributed by atoms with Crippen LogP contribution in [0.2, 0.25) is 0 Å². The van der Waals surface area contributed by atoms with Gasteiger partial charge in [0.15, 0.2) is 0 Å². The summed E-state index contributed by atoms with van der Waals surface area (Å²) < 4.78 is 5.03. The summed E-state index contributed by atoms with van der Waals surface area (Å²) in [5, 5.41) is 0. The molecule has 0 saturated carbocycles. The fourth-order valence-corrected chi connectivity index (χ4v) is 4.55. The largest absolute Gasteiger partial charge is 0.481 e. The molecule has 0 radical (unpaired) electrons. The van der Waals surface area contributed by atoms with Gasteiger partial charge >= 0.3 is 6.03 Å². The fraction of sp³-hybridized carbons (Fsp3) is 0.579. The molecular formula is C19H24N4O4. The fourth-order valence-electron chi connectivity index (χ4n) is 4.55. The Morgan fingerprint density at radius 2 is 2.04 bits per heavy atom. The van der Waals surface area contributed by atoms with Crippen molar-refractivity contribution in [3.05, 3.63) is 23.9 Å². The molecule has 4 amide bonds. The molecule has 3 fully saturated rings. The van der Waals surface area contributed by atoms with E-state index in [2.05, 4.69) is 4.98 Å². The first kappa shape index (κ1) is 17.8. The number of likely N-dealkylation sites (N-methyl/N-ethyl adjacent to an activating group) is 1. The van der Waals surface area contributed by atoms with Crippen LogP contribution < -0.4 is 4.74 Å². The summed E-state index contributed by atoms with van der Waals surface area (Å²) in [6.07, 6.45) is 3.86. The first-order chi connectivity index (χ1) is 13.0. The topological polar surface area (TPSA) is 83.1 Å². The predicted molar refractivity (Wildman–Crippen MR) is 96.3 cm³/mol. The Morgan fingerprint density at radius 1 is 1.30 bits per heavy atom. The van der Waals surface area contributed by atoms with Crippen LogP contribution >= 0.6 is 0 Å². The molecule has 1 spiro atoms. The minimum absolute atomic E-state index is 0.0391. The smallest absolute Gasteiger partial charge is 0.327 e. The number of ether oxygens (including phenoxy) is 1. The number of methoxy groups -OCH3 is 1. The molecule has 1 aromatic rings. The Balaban J connectivity index is 1.40. The van der Waals surface area contributed by atoms with Crippen LogP contribution in [0.15, 0.2) is 18.3 Å². The highest BCUT2D eigenvalue weighted by Gasteiger charge is 2.56. The van der Waals surface area contributed by atoms with Crippen LogP contribution in [-0.4, -0.2) is 76.9 Å². The number of carbonyl (C=O) groups is 3. The van der Waals surface area contributed by atoms with E-state index in [0.29, 0.717) is 44.0 Å². The Kier molecular flexibility index (Phi) is 4.28. The van der Waals surface area contributed by atoms with Crippen molar-refractivity contribution in [1.29, 1.82) is 0 Å². The first-order valence-corrected chi connectivity index (χ1v) is 9.39. The van der Waals surface area contributed by atoms with Crippen LogP contribution in [0.5, 0.6) is 5.88 Å². The van der Waals surface area contributed by atoms with Gasteiger partial charge in [0, 0.05) is 38.4 Å². The standard InChI is InChI=1S/C19H24N4O4/c1-3-22-17(25)14-10-19(12-23(14)18(22)26)6-8-21(9-7-19)16(24)13-4-5-15(27-2)20-11-13/h4-5,11,14H,3,6-10,12H2,1-2H3. The lowest BCUT2D eigenvalue weighted by Crippen LogP contribution is -2.45. The third-order valence-electron chi connectivity index (χ3n) is 6.16. The van der Waals surface area contributed by atoms with E-state index in [9.17, 15) is 14.4 Å². The summed E-state index contributed by atoms with van der Waals surface area (Å²) in [5.41, 5.74) is 0.493. The number of hydrogen-bond donors (Lipinski definition) is 0. The molecule has 27 heavy (non-hydrogen) atoms. The van der Waals surface area contributed by atoms with E-state index in [1.165, 1.54) is 18.2 Å². The van der Waals surface area contributed by atoms with E-state index in [-0.39, 0.29) is 29.3 Å². The molecule has 4 heterocycles. The van der Waals surface area contributed by atoms with Crippen LogP contribution in [0.25, 0.3) is 0 Å². The molecule has 1 atom stereocenters. The van der Waals surface area contributed by atoms with Gasteiger partial charge in [0.25, 0.3) is 11.8 Å². The second-order valence-corrected chi connectivity index (χ2v) is 7.59. The number of carbonyl (C=O) groups excluding carboxylic acids is 3. The van der Waals surface area contributed by atoms with Crippen LogP contribution in [-0.2, 0) is 4.79 Å². The van der Waals surface area contributed by atoms with Gasteiger partial charge < -0.3 is 14.5 Å². The highest BCUT2D eigenvalue weighted by Crippen LogP contribution is 2.46. The zero-order chi connectivity index (χ0) is 19.2. The molecule has 8 nitrogen and oxygen atoms in total. The van der Waals surface area contributed by atoms with Crippen molar-refractivity contribution in [3.8, 4) is 5.88 Å². The summed E-state index contributed by atoms with van der Waals surface area (Å²) >= 11 is 0. The quantitative estimate of drug-likeness (QED) is 0.749. The number of fused-ring (bicyclic) bond motifs is 1. The van der Waals surface area contributed by atoms with E-state index < -0.39 is 0 Å². The number of likely N-dealkylation sites (tertiary alicyclic amines) is 1. The van der Waals surface area contributed by atoms with E-state index >= 15 is 0 Å². The van der Waals surface area contributed by atoms with Gasteiger partial charge in [-0.1, -0.05) is 0 Å². The Morgan fingerprint density at radius 3 is 2.59 bits per heavy atom. The second-order valence-electron chi connectivity index (χ2n) is 7.59. The van der Waals surface area contributed by atoms with Gasteiger partial charge in [-0.2, -0.15) is 0 Å². The third-order valence-corrected chi connectivity index (χ3v) is 6.16. The lowest BCUT2D eigenvalue weighted by atomic mass is 9.76. The van der Waals surface area contributed by atoms with Crippen molar-refractivity contribution in [3.63, 3.8) is 0 Å². The average molecular weight is 372 g/mol. The molecule has 144 valence electrons. The molecule has 8 heteroatoms. The SMILES string of the molecule is CCN1C(=O)C2CC3(CCN(C(=O)c4ccc(OC)nc4)CC3)CN2C1=O. The zero-order valence-corrected chi connectivity index (χ0v) is 15.7. The van der Waals surface area contributed by atoms with Crippen molar-refractivity contribution in [2.45, 2.75) is 32.2 Å². The summed E-state index contributed by atoms with van der Waals surface area (Å²) in [6, 6.07) is 2.93. The van der Waals surface area contributed by atoms with Gasteiger partial charge in [-0.05, 0) is 37.7 Å². The van der Waals surface area contributed by atoms with E-state index in [1.807, 2.05) is 11.8 Å². The number of hydrogen-bond acceptors (Lipinski definition) is 5. The molecule has 0 aliphatic carbocycles. The number of piperidine rings is 1. The van der Waals surface area contributed by atoms with E-state index in [4.69, 9.17) is 4.74 Å². The number of nitrogens with zero attached hydrogens (tertiary/aromatic N) is 4. The second kappa shape index (κ2) is 6.51. The maximum absolute atomic E-state index is 12.7. The highest BCUT2D eigenvalue weighted by molar-refractivity contribution is 6.04. The number of rotatable bonds is 3. The van der Waals surface area contributed by atoms with Gasteiger partial charge in [-0.25, -0.2) is 9.78 Å². The Hall–Kier alpha value is -2.64. The molecule has 1 unspecified atom stereocenters. The minimum atomic E-state index is -0.314. The lowest BCUT2D eigenvalue weighted by Gasteiger charge is -2.39. The molecule has 3 aliphatic heterocycles. The number of urea groups is 1. The summed E-state index contributed by atoms with van der Waals surface area (Å²) in [5.74, 6) is 0.371. The van der Waals surface area contributed by atoms with Gasteiger partial charge in [0.2, 0.25) is 5.88 Å². The summed E-state index contributed by atoms with van der Waals surface area (Å²) in [7, 11) is 1.54. The molecule has 0 aromatic carbocycles. The normalized spacial score (nSPS) is 23.9. The summed E-state index contributed by atoms with van der Waals surface area (Å²) in [4.78, 5) is 46.6. The predicted octanol–water partition coefficient (Wildman–Crippen LogP) is 1.37. The Labute approximate surface area is 158 Å². The average Bonchev–Trinajstić information content (AvgIpc) is 3.16. The molecule has 3 saturated heterocycles. The number of pyridine rings is 1. The van der Waals surface area contributed by atoms with Crippen LogP contribution in [0, 0.1) is 5.41 Å². The van der Waals surface area contributed by atoms with Crippen LogP contribution in [0.1, 0.15) is 36.5 Å². The van der Waals surface area contributed by atoms with Crippen LogP contribution in [0.4, 0.5) is 4.79 Å². The van der Waals surface area contributed by atoms with Gasteiger partial charge in [-0.15, -0.1) is 0 Å². The molecule has 4 rings (SSSR count). The maximum atomic E-state index is 12.7. The minimum Gasteiger partial charge on any atom is -0.481 e. The molecule has 1 aromatic heterocycles. The Bertz CT molecular complexity index is 744. The van der Waals surface area contributed by atoms with E-state index in [1.54, 1.807) is 17.0 Å². The van der Waals surface area contributed by atoms with Crippen molar-refractivity contribution in [2.24, 2.45) is 5.41 Å². The first-order valence-electron chi connectivity index (χ1n) is 9.39. The number of amides is 4. The van der Waals surface area contributed by atoms with Crippen LogP contribution in [0.3, 0.4) is 0 Å². The van der Waals surface area contributed by atoms with Gasteiger partial charge in [0.05, 0.1) is 12.7 Å². The monoisotopic (exact) mass is 372 g/mol. The summed E-state index contributed by atoms with van der Waals surface area (Å²) in [6.45, 7) is 4.13. The van der Waals surface area contributed by atoms with E-state index in [0.717, 1.165) is 12.8 Å². The van der Waals surface area contributed by atoms with Gasteiger partial charge in [-0.3, -0.25) is 14.5 Å². The van der Waals surface area contributed by atoms with Crippen molar-refractivity contribution in [2.75, 3.05) is 33.3 Å². The maximum Gasteiger partial charge on any atom is 0.327 e. The number of imide groups is 1. The lowest BCUT2D eigenvalue weighted by molar-refractivity contribution is -0.128. The third kappa shape index (κ3) is 2.83. The zero-order valence-electron chi connectivity index (χ0n) is 15.7. The molecule has 3 aliphatic rings. The van der Waals surface area contributed by atoms with Crippen molar-refractivity contribution < 1.29 is 19.1 Å². The molecule has 0 N–H and O–H groups in total. The number of aromatic nitrogens is 1. The highest BCUT2D eigenvalue weighted by atomic mass is 16.5.